The Kier molecular flexibility index (Phi) is 9.10. The number of rotatable bonds is 9. The van der Waals surface area contributed by atoms with E-state index in [4.69, 9.17) is 16.3 Å². The number of fused-ring (bicyclic) bond motifs is 1. The topological polar surface area (TPSA) is 83.6 Å². The van der Waals surface area contributed by atoms with Crippen molar-refractivity contribution in [2.45, 2.75) is 31.0 Å². The van der Waals surface area contributed by atoms with E-state index in [0.29, 0.717) is 22.1 Å². The number of hydrogen-bond acceptors (Lipinski definition) is 5. The standard InChI is InChI=1S/C28H32ClN4O3Si/c1-4-27(34)32-25-11-10-23(29)21-9-8-19(18-22(21)25)24-6-5-7-26(31-24)28(35)30-20-12-16-37(17-13-20)33(2)14-15-36-3/h4-11,18,20H,1,12-17H2,2-3H3,(H,30,35)(H,32,34). The number of carbonyl (C=O) groups excluding carboxylic acids is 2. The van der Waals surface area contributed by atoms with Gasteiger partial charge in [0.1, 0.15) is 14.7 Å². The average Bonchev–Trinajstić information content (AvgIpc) is 2.93. The van der Waals surface area contributed by atoms with Gasteiger partial charge in [-0.25, -0.2) is 4.98 Å². The van der Waals surface area contributed by atoms with Crippen molar-refractivity contribution in [3.8, 4) is 11.3 Å². The minimum atomic E-state index is -0.561. The quantitative estimate of drug-likeness (QED) is 0.293. The number of amides is 2. The summed E-state index contributed by atoms with van der Waals surface area (Å²) in [4.78, 5) is 29.6. The number of hydrogen-bond donors (Lipinski definition) is 2. The lowest BCUT2D eigenvalue weighted by molar-refractivity contribution is -0.111. The van der Waals surface area contributed by atoms with E-state index in [9.17, 15) is 9.59 Å². The lowest BCUT2D eigenvalue weighted by Crippen LogP contribution is -2.45. The summed E-state index contributed by atoms with van der Waals surface area (Å²) in [5.74, 6) is -0.457. The fourth-order valence-electron chi connectivity index (χ4n) is 4.61. The molecule has 1 aliphatic rings. The van der Waals surface area contributed by atoms with Crippen LogP contribution in [0.3, 0.4) is 0 Å². The van der Waals surface area contributed by atoms with Crippen LogP contribution in [0.5, 0.6) is 0 Å². The van der Waals surface area contributed by atoms with Gasteiger partial charge in [-0.1, -0.05) is 36.4 Å². The first-order valence-electron chi connectivity index (χ1n) is 12.4. The molecule has 0 unspecified atom stereocenters. The van der Waals surface area contributed by atoms with E-state index >= 15 is 0 Å². The van der Waals surface area contributed by atoms with Crippen LogP contribution in [-0.2, 0) is 9.53 Å². The molecule has 37 heavy (non-hydrogen) atoms. The van der Waals surface area contributed by atoms with Crippen molar-refractivity contribution in [2.75, 3.05) is 32.6 Å². The second kappa shape index (κ2) is 12.5. The van der Waals surface area contributed by atoms with Gasteiger partial charge in [0.2, 0.25) is 5.91 Å². The summed E-state index contributed by atoms with van der Waals surface area (Å²) in [6.07, 6.45) is 3.20. The molecule has 193 valence electrons. The minimum absolute atomic E-state index is 0.155. The number of ether oxygens (including phenoxy) is 1. The Morgan fingerprint density at radius 2 is 1.97 bits per heavy atom. The van der Waals surface area contributed by atoms with Crippen LogP contribution in [0.15, 0.2) is 61.2 Å². The maximum Gasteiger partial charge on any atom is 0.270 e. The van der Waals surface area contributed by atoms with E-state index in [2.05, 4.69) is 33.8 Å². The molecule has 4 rings (SSSR count). The molecule has 3 aromatic rings. The number of aromatic nitrogens is 1. The first-order chi connectivity index (χ1) is 17.9. The zero-order valence-corrected chi connectivity index (χ0v) is 23.0. The van der Waals surface area contributed by atoms with E-state index in [1.807, 2.05) is 30.3 Å². The number of nitrogens with zero attached hydrogens (tertiary/aromatic N) is 2. The Labute approximate surface area is 224 Å². The molecular formula is C28H32ClN4O3Si. The van der Waals surface area contributed by atoms with Gasteiger partial charge in [0.25, 0.3) is 5.91 Å². The lowest BCUT2D eigenvalue weighted by Gasteiger charge is -2.33. The second-order valence-electron chi connectivity index (χ2n) is 9.19. The molecule has 1 radical (unpaired) electrons. The van der Waals surface area contributed by atoms with Crippen LogP contribution in [-0.4, -0.2) is 63.7 Å². The molecule has 1 aliphatic heterocycles. The van der Waals surface area contributed by atoms with E-state index in [0.717, 1.165) is 54.4 Å². The smallest absolute Gasteiger partial charge is 0.270 e. The van der Waals surface area contributed by atoms with E-state index in [1.54, 1.807) is 25.3 Å². The van der Waals surface area contributed by atoms with E-state index < -0.39 is 8.96 Å². The van der Waals surface area contributed by atoms with Gasteiger partial charge in [-0.05, 0) is 68.4 Å². The molecule has 1 fully saturated rings. The molecule has 2 N–H and O–H groups in total. The van der Waals surface area contributed by atoms with Crippen molar-refractivity contribution in [1.29, 1.82) is 0 Å². The second-order valence-corrected chi connectivity index (χ2v) is 12.5. The Morgan fingerprint density at radius 3 is 2.70 bits per heavy atom. The molecule has 9 heteroatoms. The summed E-state index contributed by atoms with van der Waals surface area (Å²) in [6.45, 7) is 5.23. The first kappa shape index (κ1) is 27.0. The SMILES string of the molecule is C=CC(=O)Nc1ccc(Cl)c2ccc(-c3cccc(C(=O)NC4CC[Si](N(C)CCOC)CC4)n3)cc12. The number of likely N-dealkylation sites (N-methyl/N-ethyl adjacent to an activating group) is 1. The molecule has 2 heterocycles. The molecule has 1 saturated heterocycles. The molecule has 2 amide bonds. The van der Waals surface area contributed by atoms with Crippen molar-refractivity contribution in [3.05, 3.63) is 71.9 Å². The minimum Gasteiger partial charge on any atom is -0.383 e. The normalized spacial score (nSPS) is 14.6. The number of halogens is 1. The Balaban J connectivity index is 1.48. The summed E-state index contributed by atoms with van der Waals surface area (Å²) in [6, 6.07) is 17.2. The summed E-state index contributed by atoms with van der Waals surface area (Å²) in [5, 5.41) is 8.20. The zero-order chi connectivity index (χ0) is 26.4. The maximum absolute atomic E-state index is 13.1. The average molecular weight is 536 g/mol. The highest BCUT2D eigenvalue weighted by atomic mass is 35.5. The molecule has 1 aromatic heterocycles. The lowest BCUT2D eigenvalue weighted by atomic mass is 10.0. The fourth-order valence-corrected chi connectivity index (χ4v) is 7.62. The number of methoxy groups -OCH3 is 1. The number of nitrogens with one attached hydrogen (secondary N) is 2. The molecule has 7 nitrogen and oxygen atoms in total. The van der Waals surface area contributed by atoms with Gasteiger partial charge >= 0.3 is 0 Å². The van der Waals surface area contributed by atoms with E-state index in [1.165, 1.54) is 6.08 Å². The zero-order valence-electron chi connectivity index (χ0n) is 21.2. The predicted octanol–water partition coefficient (Wildman–Crippen LogP) is 5.14. The van der Waals surface area contributed by atoms with Crippen LogP contribution in [0.2, 0.25) is 17.1 Å². The molecule has 0 aliphatic carbocycles. The van der Waals surface area contributed by atoms with E-state index in [-0.39, 0.29) is 17.9 Å². The molecule has 0 spiro atoms. The molecule has 0 saturated carbocycles. The molecular weight excluding hydrogens is 504 g/mol. The largest absolute Gasteiger partial charge is 0.383 e. The summed E-state index contributed by atoms with van der Waals surface area (Å²) < 4.78 is 7.65. The Bertz CT molecular complexity index is 1290. The van der Waals surface area contributed by atoms with Gasteiger partial charge in [0, 0.05) is 46.7 Å². The Hall–Kier alpha value is -3.04. The van der Waals surface area contributed by atoms with Crippen LogP contribution in [0.1, 0.15) is 23.3 Å². The third-order valence-corrected chi connectivity index (χ3v) is 10.1. The van der Waals surface area contributed by atoms with Crippen molar-refractivity contribution in [2.24, 2.45) is 0 Å². The van der Waals surface area contributed by atoms with Crippen LogP contribution < -0.4 is 10.6 Å². The third-order valence-electron chi connectivity index (χ3n) is 6.75. The van der Waals surface area contributed by atoms with Gasteiger partial charge < -0.3 is 19.9 Å². The molecule has 0 atom stereocenters. The first-order valence-corrected chi connectivity index (χ1v) is 14.6. The maximum atomic E-state index is 13.1. The summed E-state index contributed by atoms with van der Waals surface area (Å²) in [5.41, 5.74) is 2.51. The number of anilines is 1. The fraction of sp³-hybridized carbons (Fsp3) is 0.321. The third kappa shape index (κ3) is 6.64. The molecule has 2 aromatic carbocycles. The Morgan fingerprint density at radius 1 is 1.19 bits per heavy atom. The number of benzene rings is 2. The van der Waals surface area contributed by atoms with Crippen LogP contribution in [0, 0.1) is 0 Å². The van der Waals surface area contributed by atoms with Gasteiger partial charge in [0.05, 0.1) is 12.3 Å². The van der Waals surface area contributed by atoms with Gasteiger partial charge in [-0.2, -0.15) is 0 Å². The van der Waals surface area contributed by atoms with Crippen LogP contribution in [0.4, 0.5) is 5.69 Å². The van der Waals surface area contributed by atoms with Gasteiger partial charge in [-0.15, -0.1) is 0 Å². The van der Waals surface area contributed by atoms with Crippen molar-refractivity contribution in [1.82, 2.24) is 14.9 Å². The summed E-state index contributed by atoms with van der Waals surface area (Å²) >= 11 is 6.40. The number of pyridine rings is 1. The van der Waals surface area contributed by atoms with Crippen LogP contribution in [0.25, 0.3) is 22.0 Å². The summed E-state index contributed by atoms with van der Waals surface area (Å²) in [7, 11) is 3.35. The van der Waals surface area contributed by atoms with Gasteiger partial charge in [0.15, 0.2) is 0 Å². The highest BCUT2D eigenvalue weighted by Gasteiger charge is 2.27. The van der Waals surface area contributed by atoms with Crippen LogP contribution >= 0.6 is 11.6 Å². The molecule has 0 bridgehead atoms. The monoisotopic (exact) mass is 535 g/mol. The van der Waals surface area contributed by atoms with Crippen molar-refractivity contribution < 1.29 is 14.3 Å². The highest BCUT2D eigenvalue weighted by molar-refractivity contribution is 6.56. The predicted molar refractivity (Wildman–Crippen MR) is 151 cm³/mol. The van der Waals surface area contributed by atoms with Crippen molar-refractivity contribution >= 4 is 48.8 Å². The number of carbonyl (C=O) groups is 2. The highest BCUT2D eigenvalue weighted by Crippen LogP contribution is 2.33. The van der Waals surface area contributed by atoms with Gasteiger partial charge in [-0.3, -0.25) is 9.59 Å². The van der Waals surface area contributed by atoms with Crippen molar-refractivity contribution in [3.63, 3.8) is 0 Å².